The van der Waals surface area contributed by atoms with Crippen molar-refractivity contribution < 1.29 is 27.4 Å². The Labute approximate surface area is 175 Å². The third-order valence-electron chi connectivity index (χ3n) is 5.18. The molecule has 8 nitrogen and oxygen atoms in total. The lowest BCUT2D eigenvalue weighted by Crippen LogP contribution is -2.27. The van der Waals surface area contributed by atoms with Crippen LogP contribution in [0, 0.1) is 13.8 Å². The summed E-state index contributed by atoms with van der Waals surface area (Å²) in [6.07, 6.45) is -4.20. The molecule has 0 saturated carbocycles. The second kappa shape index (κ2) is 7.71. The molecule has 0 bridgehead atoms. The van der Waals surface area contributed by atoms with Crippen LogP contribution in [0.1, 0.15) is 47.7 Å². The van der Waals surface area contributed by atoms with Crippen LogP contribution >= 0.6 is 0 Å². The first-order valence-electron chi connectivity index (χ1n) is 9.62. The first-order chi connectivity index (χ1) is 14.6. The molecule has 31 heavy (non-hydrogen) atoms. The summed E-state index contributed by atoms with van der Waals surface area (Å²) in [5, 5.41) is 6.44. The van der Waals surface area contributed by atoms with Gasteiger partial charge in [-0.3, -0.25) is 4.79 Å². The van der Waals surface area contributed by atoms with Gasteiger partial charge in [0.1, 0.15) is 0 Å². The van der Waals surface area contributed by atoms with Gasteiger partial charge in [-0.15, -0.1) is 5.10 Å². The molecule has 1 N–H and O–H groups in total. The number of aryl methyl sites for hydroxylation is 2. The molecule has 0 radical (unpaired) electrons. The van der Waals surface area contributed by atoms with Gasteiger partial charge in [-0.05, 0) is 50.5 Å². The predicted molar refractivity (Wildman–Crippen MR) is 103 cm³/mol. The van der Waals surface area contributed by atoms with Gasteiger partial charge in [-0.1, -0.05) is 6.07 Å². The van der Waals surface area contributed by atoms with Gasteiger partial charge in [-0.2, -0.15) is 18.2 Å². The number of ether oxygens (including phenoxy) is 2. The van der Waals surface area contributed by atoms with Gasteiger partial charge in [0.2, 0.25) is 12.7 Å². The molecule has 4 rings (SSSR count). The van der Waals surface area contributed by atoms with E-state index in [9.17, 15) is 18.0 Å². The first-order valence-corrected chi connectivity index (χ1v) is 9.62. The number of alkyl halides is 3. The standard InChI is InChI=1S/C20H20F3N5O3/c1-10(13-4-6-15-16(8-13)31-9-30-15)24-17(29)7-5-14-11(2)25-19-26-18(20(21,22)23)27-28(19)12(14)3/h4,6,8,10H,5,7,9H2,1-3H3,(H,24,29)/t10-/m1/s1. The van der Waals surface area contributed by atoms with Crippen molar-refractivity contribution in [2.24, 2.45) is 0 Å². The molecule has 0 saturated heterocycles. The number of nitrogens with one attached hydrogen (secondary N) is 1. The van der Waals surface area contributed by atoms with Crippen molar-refractivity contribution in [3.05, 3.63) is 46.5 Å². The SMILES string of the molecule is Cc1nc2nc(C(F)(F)F)nn2c(C)c1CCC(=O)N[C@H](C)c1ccc2c(c1)OCO2. The minimum atomic E-state index is -4.65. The molecular formula is C20H20F3N5O3. The van der Waals surface area contributed by atoms with E-state index >= 15 is 0 Å². The number of fused-ring (bicyclic) bond motifs is 2. The highest BCUT2D eigenvalue weighted by Gasteiger charge is 2.37. The maximum Gasteiger partial charge on any atom is 0.453 e. The van der Waals surface area contributed by atoms with Gasteiger partial charge in [0.15, 0.2) is 11.5 Å². The number of rotatable bonds is 5. The normalized spacial score (nSPS) is 14.1. The molecule has 3 aromatic rings. The number of halogens is 3. The minimum absolute atomic E-state index is 0.119. The number of carbonyl (C=O) groups excluding carboxylic acids is 1. The molecule has 2 aromatic heterocycles. The van der Waals surface area contributed by atoms with E-state index in [0.29, 0.717) is 34.9 Å². The largest absolute Gasteiger partial charge is 0.454 e. The van der Waals surface area contributed by atoms with Gasteiger partial charge >= 0.3 is 6.18 Å². The predicted octanol–water partition coefficient (Wildman–Crippen LogP) is 3.30. The third kappa shape index (κ3) is 4.12. The Morgan fingerprint density at radius 3 is 2.71 bits per heavy atom. The maximum atomic E-state index is 12.9. The van der Waals surface area contributed by atoms with E-state index in [1.807, 2.05) is 19.1 Å². The Bertz CT molecular complexity index is 1160. The lowest BCUT2D eigenvalue weighted by Gasteiger charge is -2.15. The molecule has 1 aliphatic heterocycles. The number of nitrogens with zero attached hydrogens (tertiary/aromatic N) is 4. The van der Waals surface area contributed by atoms with Crippen LogP contribution in [0.3, 0.4) is 0 Å². The van der Waals surface area contributed by atoms with E-state index < -0.39 is 12.0 Å². The van der Waals surface area contributed by atoms with E-state index in [4.69, 9.17) is 9.47 Å². The van der Waals surface area contributed by atoms with Gasteiger partial charge < -0.3 is 14.8 Å². The van der Waals surface area contributed by atoms with Crippen LogP contribution in [0.15, 0.2) is 18.2 Å². The van der Waals surface area contributed by atoms with Crippen LogP contribution in [-0.4, -0.2) is 32.3 Å². The maximum absolute atomic E-state index is 12.9. The average Bonchev–Trinajstić information content (AvgIpc) is 3.33. The summed E-state index contributed by atoms with van der Waals surface area (Å²) in [5.74, 6) is -0.256. The van der Waals surface area contributed by atoms with E-state index in [-0.39, 0.29) is 30.9 Å². The Balaban J connectivity index is 1.45. The molecule has 0 fully saturated rings. The van der Waals surface area contributed by atoms with E-state index in [0.717, 1.165) is 10.1 Å². The number of benzene rings is 1. The highest BCUT2D eigenvalue weighted by Crippen LogP contribution is 2.34. The average molecular weight is 435 g/mol. The number of carbonyl (C=O) groups is 1. The molecule has 3 heterocycles. The summed E-state index contributed by atoms with van der Waals surface area (Å²) >= 11 is 0. The second-order valence-electron chi connectivity index (χ2n) is 7.31. The molecular weight excluding hydrogens is 415 g/mol. The van der Waals surface area contributed by atoms with Crippen LogP contribution < -0.4 is 14.8 Å². The monoisotopic (exact) mass is 435 g/mol. The van der Waals surface area contributed by atoms with Crippen molar-refractivity contribution in [1.82, 2.24) is 24.9 Å². The molecule has 11 heteroatoms. The van der Waals surface area contributed by atoms with Crippen LogP contribution in [0.25, 0.3) is 5.78 Å². The van der Waals surface area contributed by atoms with Crippen molar-refractivity contribution in [2.75, 3.05) is 6.79 Å². The molecule has 1 aromatic carbocycles. The van der Waals surface area contributed by atoms with Crippen LogP contribution in [0.2, 0.25) is 0 Å². The molecule has 1 amide bonds. The fourth-order valence-corrected chi connectivity index (χ4v) is 3.51. The van der Waals surface area contributed by atoms with Crippen LogP contribution in [-0.2, 0) is 17.4 Å². The van der Waals surface area contributed by atoms with Crippen LogP contribution in [0.5, 0.6) is 11.5 Å². The zero-order valence-corrected chi connectivity index (χ0v) is 17.1. The number of aromatic nitrogens is 4. The highest BCUT2D eigenvalue weighted by molar-refractivity contribution is 5.76. The summed E-state index contributed by atoms with van der Waals surface area (Å²) in [6, 6.07) is 5.21. The number of amides is 1. The third-order valence-corrected chi connectivity index (χ3v) is 5.18. The summed E-state index contributed by atoms with van der Waals surface area (Å²) in [7, 11) is 0. The summed E-state index contributed by atoms with van der Waals surface area (Å²) in [6.45, 7) is 5.34. The van der Waals surface area contributed by atoms with Crippen molar-refractivity contribution in [1.29, 1.82) is 0 Å². The van der Waals surface area contributed by atoms with Crippen molar-refractivity contribution >= 4 is 11.7 Å². The summed E-state index contributed by atoms with van der Waals surface area (Å²) in [5.41, 5.74) is 2.53. The topological polar surface area (TPSA) is 90.6 Å². The van der Waals surface area contributed by atoms with Crippen LogP contribution in [0.4, 0.5) is 13.2 Å². The zero-order valence-electron chi connectivity index (χ0n) is 17.1. The van der Waals surface area contributed by atoms with Crippen molar-refractivity contribution in [3.63, 3.8) is 0 Å². The Kier molecular flexibility index (Phi) is 5.19. The van der Waals surface area contributed by atoms with Gasteiger partial charge in [0.25, 0.3) is 11.6 Å². The molecule has 0 aliphatic carbocycles. The minimum Gasteiger partial charge on any atom is -0.454 e. The Morgan fingerprint density at radius 1 is 1.23 bits per heavy atom. The van der Waals surface area contributed by atoms with E-state index in [2.05, 4.69) is 20.4 Å². The summed E-state index contributed by atoms with van der Waals surface area (Å²) in [4.78, 5) is 20.1. The molecule has 1 atom stereocenters. The second-order valence-corrected chi connectivity index (χ2v) is 7.31. The van der Waals surface area contributed by atoms with Crippen molar-refractivity contribution in [2.45, 2.75) is 45.8 Å². The lowest BCUT2D eigenvalue weighted by molar-refractivity contribution is -0.144. The Morgan fingerprint density at radius 2 is 1.97 bits per heavy atom. The smallest absolute Gasteiger partial charge is 0.453 e. The Hall–Kier alpha value is -3.37. The fourth-order valence-electron chi connectivity index (χ4n) is 3.51. The highest BCUT2D eigenvalue weighted by atomic mass is 19.4. The molecule has 1 aliphatic rings. The van der Waals surface area contributed by atoms with Gasteiger partial charge in [-0.25, -0.2) is 9.50 Å². The molecule has 164 valence electrons. The first kappa shape index (κ1) is 20.9. The quantitative estimate of drug-likeness (QED) is 0.662. The lowest BCUT2D eigenvalue weighted by atomic mass is 10.0. The number of hydrogen-bond donors (Lipinski definition) is 1. The molecule has 0 spiro atoms. The summed E-state index contributed by atoms with van der Waals surface area (Å²) < 4.78 is 50.5. The van der Waals surface area contributed by atoms with E-state index in [1.165, 1.54) is 0 Å². The van der Waals surface area contributed by atoms with Gasteiger partial charge in [0, 0.05) is 17.8 Å². The zero-order chi connectivity index (χ0) is 22.3. The fraction of sp³-hybridized carbons (Fsp3) is 0.400. The van der Waals surface area contributed by atoms with Gasteiger partial charge in [0.05, 0.1) is 6.04 Å². The van der Waals surface area contributed by atoms with E-state index in [1.54, 1.807) is 19.9 Å². The number of hydrogen-bond acceptors (Lipinski definition) is 6. The van der Waals surface area contributed by atoms with Crippen molar-refractivity contribution in [3.8, 4) is 11.5 Å². The molecule has 0 unspecified atom stereocenters.